The van der Waals surface area contributed by atoms with Gasteiger partial charge in [-0.1, -0.05) is 12.1 Å². The average Bonchev–Trinajstić information content (AvgIpc) is 2.94. The van der Waals surface area contributed by atoms with Gasteiger partial charge in [-0.2, -0.15) is 5.26 Å². The smallest absolute Gasteiger partial charge is 0.224 e. The highest BCUT2D eigenvalue weighted by atomic mass is 32.1. The number of anilines is 1. The highest BCUT2D eigenvalue weighted by molar-refractivity contribution is 7.10. The van der Waals surface area contributed by atoms with E-state index in [9.17, 15) is 4.79 Å². The molecule has 2 N–H and O–H groups in total. The van der Waals surface area contributed by atoms with Gasteiger partial charge >= 0.3 is 0 Å². The second kappa shape index (κ2) is 6.73. The summed E-state index contributed by atoms with van der Waals surface area (Å²) in [4.78, 5) is 12.4. The normalized spacial score (nSPS) is 9.80. The number of likely N-dealkylation sites (N-methyl/N-ethyl adjacent to an activating group) is 1. The standard InChI is InChI=1S/C15H15N3OS/c1-17-15(19)7-11-2-4-13(5-3-11)18-9-14-6-12(8-16)10-20-14/h2-6,10,18H,7,9H2,1H3,(H,17,19). The van der Waals surface area contributed by atoms with Crippen LogP contribution < -0.4 is 10.6 Å². The van der Waals surface area contributed by atoms with Gasteiger partial charge in [0.15, 0.2) is 0 Å². The minimum Gasteiger partial charge on any atom is -0.380 e. The van der Waals surface area contributed by atoms with Gasteiger partial charge in [0.2, 0.25) is 5.91 Å². The van der Waals surface area contributed by atoms with Gasteiger partial charge in [0, 0.05) is 29.5 Å². The van der Waals surface area contributed by atoms with E-state index in [0.717, 1.165) is 16.1 Å². The van der Waals surface area contributed by atoms with Crippen LogP contribution in [0.2, 0.25) is 0 Å². The summed E-state index contributed by atoms with van der Waals surface area (Å²) < 4.78 is 0. The first-order valence-electron chi connectivity index (χ1n) is 6.22. The van der Waals surface area contributed by atoms with E-state index in [2.05, 4.69) is 16.7 Å². The first kappa shape index (κ1) is 14.1. The molecule has 1 heterocycles. The number of thiophene rings is 1. The van der Waals surface area contributed by atoms with Gasteiger partial charge in [0.1, 0.15) is 6.07 Å². The third-order valence-electron chi connectivity index (χ3n) is 2.85. The molecule has 0 unspecified atom stereocenters. The van der Waals surface area contributed by atoms with Crippen molar-refractivity contribution in [1.29, 1.82) is 5.26 Å². The highest BCUT2D eigenvalue weighted by Gasteiger charge is 2.02. The number of rotatable bonds is 5. The summed E-state index contributed by atoms with van der Waals surface area (Å²) in [5.74, 6) is 0.00771. The Morgan fingerprint density at radius 2 is 2.10 bits per heavy atom. The first-order chi connectivity index (χ1) is 9.71. The van der Waals surface area contributed by atoms with E-state index in [1.54, 1.807) is 18.4 Å². The summed E-state index contributed by atoms with van der Waals surface area (Å²) in [6.45, 7) is 0.696. The number of hydrogen-bond donors (Lipinski definition) is 2. The van der Waals surface area contributed by atoms with Crippen molar-refractivity contribution in [3.05, 3.63) is 51.7 Å². The van der Waals surface area contributed by atoms with Gasteiger partial charge in [0.05, 0.1) is 12.0 Å². The third kappa shape index (κ3) is 3.84. The Bertz CT molecular complexity index is 625. The lowest BCUT2D eigenvalue weighted by atomic mass is 10.1. The number of carbonyl (C=O) groups is 1. The minimum absolute atomic E-state index is 0.00771. The van der Waals surface area contributed by atoms with Crippen LogP contribution in [-0.4, -0.2) is 13.0 Å². The van der Waals surface area contributed by atoms with Crippen LogP contribution in [0.15, 0.2) is 35.7 Å². The van der Waals surface area contributed by atoms with Crippen LogP contribution in [0.1, 0.15) is 16.0 Å². The molecule has 0 aliphatic heterocycles. The van der Waals surface area contributed by atoms with Crippen LogP contribution in [0.5, 0.6) is 0 Å². The molecule has 0 spiro atoms. The molecule has 5 heteroatoms. The van der Waals surface area contributed by atoms with E-state index < -0.39 is 0 Å². The maximum atomic E-state index is 11.3. The number of benzene rings is 1. The van der Waals surface area contributed by atoms with Gasteiger partial charge < -0.3 is 10.6 Å². The van der Waals surface area contributed by atoms with Crippen LogP contribution in [0.3, 0.4) is 0 Å². The summed E-state index contributed by atoms with van der Waals surface area (Å²) in [6, 6.07) is 11.8. The molecule has 0 aliphatic rings. The quantitative estimate of drug-likeness (QED) is 0.887. The summed E-state index contributed by atoms with van der Waals surface area (Å²) in [5.41, 5.74) is 2.68. The lowest BCUT2D eigenvalue weighted by Gasteiger charge is -2.06. The molecule has 2 rings (SSSR count). The number of nitrogens with one attached hydrogen (secondary N) is 2. The Hall–Kier alpha value is -2.32. The van der Waals surface area contributed by atoms with Gasteiger partial charge in [0.25, 0.3) is 0 Å². The van der Waals surface area contributed by atoms with Crippen molar-refractivity contribution in [2.24, 2.45) is 0 Å². The van der Waals surface area contributed by atoms with Crippen molar-refractivity contribution in [3.63, 3.8) is 0 Å². The zero-order valence-corrected chi connectivity index (χ0v) is 12.0. The predicted molar refractivity (Wildman–Crippen MR) is 80.6 cm³/mol. The van der Waals surface area contributed by atoms with Gasteiger partial charge in [-0.3, -0.25) is 4.79 Å². The Labute approximate surface area is 122 Å². The third-order valence-corrected chi connectivity index (χ3v) is 3.78. The second-order valence-electron chi connectivity index (χ2n) is 4.31. The summed E-state index contributed by atoms with van der Waals surface area (Å²) in [7, 11) is 1.63. The molecule has 1 aromatic heterocycles. The van der Waals surface area contributed by atoms with Crippen LogP contribution in [-0.2, 0) is 17.8 Å². The molecule has 0 radical (unpaired) electrons. The fraction of sp³-hybridized carbons (Fsp3) is 0.200. The molecule has 0 atom stereocenters. The number of nitrogens with zero attached hydrogens (tertiary/aromatic N) is 1. The molecule has 0 saturated heterocycles. The summed E-state index contributed by atoms with van der Waals surface area (Å²) in [6.07, 6.45) is 0.396. The van der Waals surface area contributed by atoms with Crippen LogP contribution in [0.4, 0.5) is 5.69 Å². The van der Waals surface area contributed by atoms with Crippen molar-refractivity contribution in [2.45, 2.75) is 13.0 Å². The molecule has 2 aromatic rings. The molecule has 20 heavy (non-hydrogen) atoms. The van der Waals surface area contributed by atoms with E-state index in [1.807, 2.05) is 35.7 Å². The molecule has 4 nitrogen and oxygen atoms in total. The van der Waals surface area contributed by atoms with Crippen molar-refractivity contribution >= 4 is 22.9 Å². The largest absolute Gasteiger partial charge is 0.380 e. The average molecular weight is 285 g/mol. The lowest BCUT2D eigenvalue weighted by molar-refractivity contribution is -0.119. The molecule has 0 aliphatic carbocycles. The van der Waals surface area contributed by atoms with E-state index >= 15 is 0 Å². The van der Waals surface area contributed by atoms with E-state index in [-0.39, 0.29) is 5.91 Å². The Kier molecular flexibility index (Phi) is 4.75. The fourth-order valence-electron chi connectivity index (χ4n) is 1.74. The number of amides is 1. The SMILES string of the molecule is CNC(=O)Cc1ccc(NCc2cc(C#N)cs2)cc1. The Balaban J connectivity index is 1.90. The van der Waals surface area contributed by atoms with Gasteiger partial charge in [-0.05, 0) is 23.8 Å². The fourth-order valence-corrected chi connectivity index (χ4v) is 2.48. The molecule has 1 amide bonds. The van der Waals surface area contributed by atoms with Crippen molar-refractivity contribution in [3.8, 4) is 6.07 Å². The highest BCUT2D eigenvalue weighted by Crippen LogP contribution is 2.16. The zero-order valence-electron chi connectivity index (χ0n) is 11.1. The molecule has 102 valence electrons. The van der Waals surface area contributed by atoms with Crippen LogP contribution in [0.25, 0.3) is 0 Å². The van der Waals surface area contributed by atoms with Crippen LogP contribution >= 0.6 is 11.3 Å². The van der Waals surface area contributed by atoms with E-state index in [4.69, 9.17) is 5.26 Å². The molecule has 1 aromatic carbocycles. The van der Waals surface area contributed by atoms with Crippen LogP contribution in [0, 0.1) is 11.3 Å². The van der Waals surface area contributed by atoms with E-state index in [0.29, 0.717) is 18.5 Å². The monoisotopic (exact) mass is 285 g/mol. The van der Waals surface area contributed by atoms with Gasteiger partial charge in [-0.15, -0.1) is 11.3 Å². The number of carbonyl (C=O) groups excluding carboxylic acids is 1. The van der Waals surface area contributed by atoms with Crippen molar-refractivity contribution in [2.75, 3.05) is 12.4 Å². The molecule has 0 fully saturated rings. The Morgan fingerprint density at radius 1 is 1.35 bits per heavy atom. The number of nitriles is 1. The zero-order chi connectivity index (χ0) is 14.4. The lowest BCUT2D eigenvalue weighted by Crippen LogP contribution is -2.19. The summed E-state index contributed by atoms with van der Waals surface area (Å²) >= 11 is 1.57. The van der Waals surface area contributed by atoms with Gasteiger partial charge in [-0.25, -0.2) is 0 Å². The van der Waals surface area contributed by atoms with E-state index in [1.165, 1.54) is 0 Å². The molecular weight excluding hydrogens is 270 g/mol. The molecule has 0 bridgehead atoms. The Morgan fingerprint density at radius 3 is 2.70 bits per heavy atom. The molecular formula is C15H15N3OS. The van der Waals surface area contributed by atoms with Crippen molar-refractivity contribution < 1.29 is 4.79 Å². The maximum Gasteiger partial charge on any atom is 0.224 e. The first-order valence-corrected chi connectivity index (χ1v) is 7.10. The summed E-state index contributed by atoms with van der Waals surface area (Å²) in [5, 5.41) is 16.5. The van der Waals surface area contributed by atoms with Crippen molar-refractivity contribution in [1.82, 2.24) is 5.32 Å². The second-order valence-corrected chi connectivity index (χ2v) is 5.31. The topological polar surface area (TPSA) is 64.9 Å². The predicted octanol–water partition coefficient (Wildman–Crippen LogP) is 2.52. The number of hydrogen-bond acceptors (Lipinski definition) is 4. The maximum absolute atomic E-state index is 11.3. The minimum atomic E-state index is 0.00771. The molecule has 0 saturated carbocycles.